The van der Waals surface area contributed by atoms with Gasteiger partial charge in [0.1, 0.15) is 0 Å². The zero-order chi connectivity index (χ0) is 16.8. The van der Waals surface area contributed by atoms with Crippen LogP contribution in [0.4, 0.5) is 0 Å². The maximum atomic E-state index is 4.92. The van der Waals surface area contributed by atoms with E-state index in [2.05, 4.69) is 50.6 Å². The molecule has 1 aliphatic heterocycles. The largest absolute Gasteiger partial charge is 0.355 e. The summed E-state index contributed by atoms with van der Waals surface area (Å²) in [6, 6.07) is 2.34. The average Bonchev–Trinajstić information content (AvgIpc) is 2.95. The second-order valence-electron chi connectivity index (χ2n) is 7.12. The molecule has 3 nitrogen and oxygen atoms in total. The summed E-state index contributed by atoms with van der Waals surface area (Å²) in [4.78, 5) is 11.1. The molecule has 1 N–H and O–H groups in total. The molecule has 0 unspecified atom stereocenters. The van der Waals surface area contributed by atoms with Crippen molar-refractivity contribution in [1.29, 1.82) is 0 Å². The fourth-order valence-corrected chi connectivity index (χ4v) is 3.19. The lowest BCUT2D eigenvalue weighted by atomic mass is 10.1. The molecule has 0 saturated carbocycles. The number of likely N-dealkylation sites (tertiary alicyclic amines) is 1. The molecule has 1 fully saturated rings. The summed E-state index contributed by atoms with van der Waals surface area (Å²) < 4.78 is 0. The lowest BCUT2D eigenvalue weighted by Gasteiger charge is -2.28. The first-order chi connectivity index (χ1) is 11.0. The number of nitrogens with zero attached hydrogens (tertiary/aromatic N) is 2. The SMILES string of the molecule is CCCCc1cc(=C(C)C)/c(=C(\N=C(C)C)N2CCCCC2)[nH]1. The normalized spacial score (nSPS) is 16.3. The summed E-state index contributed by atoms with van der Waals surface area (Å²) >= 11 is 0. The van der Waals surface area contributed by atoms with Gasteiger partial charge in [0.15, 0.2) is 5.82 Å². The molecule has 1 saturated heterocycles. The summed E-state index contributed by atoms with van der Waals surface area (Å²) in [5.41, 5.74) is 3.82. The Morgan fingerprint density at radius 3 is 2.39 bits per heavy atom. The molecule has 3 heteroatoms. The topological polar surface area (TPSA) is 31.4 Å². The molecule has 1 aromatic rings. The molecule has 2 rings (SSSR count). The van der Waals surface area contributed by atoms with Crippen molar-refractivity contribution < 1.29 is 0 Å². The predicted octanol–water partition coefficient (Wildman–Crippen LogP) is 3.58. The van der Waals surface area contributed by atoms with Crippen LogP contribution in [0.2, 0.25) is 0 Å². The fraction of sp³-hybridized carbons (Fsp3) is 0.650. The Balaban J connectivity index is 2.62. The third kappa shape index (κ3) is 4.73. The molecule has 1 aromatic heterocycles. The third-order valence-corrected chi connectivity index (χ3v) is 4.42. The zero-order valence-electron chi connectivity index (χ0n) is 15.6. The molecule has 1 aliphatic rings. The second kappa shape index (κ2) is 8.37. The van der Waals surface area contributed by atoms with Crippen molar-refractivity contribution in [3.05, 3.63) is 22.3 Å². The number of aromatic amines is 1. The van der Waals surface area contributed by atoms with Crippen LogP contribution in [-0.4, -0.2) is 28.7 Å². The van der Waals surface area contributed by atoms with Crippen LogP contribution in [0.5, 0.6) is 0 Å². The van der Waals surface area contributed by atoms with E-state index in [9.17, 15) is 0 Å². The number of unbranched alkanes of at least 4 members (excludes halogenated alkanes) is 1. The molecule has 23 heavy (non-hydrogen) atoms. The highest BCUT2D eigenvalue weighted by atomic mass is 15.2. The van der Waals surface area contributed by atoms with Crippen LogP contribution in [0, 0.1) is 0 Å². The molecule has 0 amide bonds. The highest BCUT2D eigenvalue weighted by molar-refractivity contribution is 5.82. The minimum absolute atomic E-state index is 1.12. The summed E-state index contributed by atoms with van der Waals surface area (Å²) in [5, 5.41) is 2.56. The highest BCUT2D eigenvalue weighted by Gasteiger charge is 2.15. The summed E-state index contributed by atoms with van der Waals surface area (Å²) in [6.45, 7) is 13.1. The van der Waals surface area contributed by atoms with Crippen LogP contribution in [0.1, 0.15) is 72.4 Å². The molecule has 0 aromatic carbocycles. The number of aliphatic imine (C=N–C) groups is 1. The van der Waals surface area contributed by atoms with Crippen LogP contribution in [0.15, 0.2) is 11.1 Å². The van der Waals surface area contributed by atoms with Gasteiger partial charge >= 0.3 is 0 Å². The maximum Gasteiger partial charge on any atom is 0.152 e. The van der Waals surface area contributed by atoms with Crippen molar-refractivity contribution in [1.82, 2.24) is 9.88 Å². The van der Waals surface area contributed by atoms with Crippen molar-refractivity contribution in [3.63, 3.8) is 0 Å². The zero-order valence-corrected chi connectivity index (χ0v) is 15.6. The number of piperidine rings is 1. The number of hydrogen-bond donors (Lipinski definition) is 1. The Kier molecular flexibility index (Phi) is 6.49. The number of aromatic nitrogens is 1. The Morgan fingerprint density at radius 2 is 1.83 bits per heavy atom. The fourth-order valence-electron chi connectivity index (χ4n) is 3.19. The molecule has 0 bridgehead atoms. The summed E-state index contributed by atoms with van der Waals surface area (Å²) in [5.74, 6) is 1.14. The Labute approximate surface area is 141 Å². The van der Waals surface area contributed by atoms with Gasteiger partial charge < -0.3 is 9.88 Å². The molecule has 128 valence electrons. The lowest BCUT2D eigenvalue weighted by molar-refractivity contribution is 0.319. The van der Waals surface area contributed by atoms with Gasteiger partial charge in [-0.3, -0.25) is 0 Å². The number of rotatable bonds is 5. The van der Waals surface area contributed by atoms with Crippen molar-refractivity contribution in [2.75, 3.05) is 13.1 Å². The number of aryl methyl sites for hydroxylation is 1. The molecule has 0 radical (unpaired) electrons. The van der Waals surface area contributed by atoms with E-state index in [-0.39, 0.29) is 0 Å². The van der Waals surface area contributed by atoms with Crippen molar-refractivity contribution >= 4 is 17.1 Å². The number of hydrogen-bond acceptors (Lipinski definition) is 2. The van der Waals surface area contributed by atoms with Gasteiger partial charge in [-0.2, -0.15) is 0 Å². The van der Waals surface area contributed by atoms with E-state index in [1.165, 1.54) is 53.9 Å². The molecule has 2 heterocycles. The van der Waals surface area contributed by atoms with Gasteiger partial charge in [-0.05, 0) is 65.9 Å². The van der Waals surface area contributed by atoms with E-state index < -0.39 is 0 Å². The summed E-state index contributed by atoms with van der Waals surface area (Å²) in [7, 11) is 0. The first-order valence-corrected chi connectivity index (χ1v) is 9.19. The van der Waals surface area contributed by atoms with E-state index in [1.54, 1.807) is 0 Å². The van der Waals surface area contributed by atoms with Gasteiger partial charge in [-0.25, -0.2) is 4.99 Å². The second-order valence-corrected chi connectivity index (χ2v) is 7.12. The van der Waals surface area contributed by atoms with Gasteiger partial charge in [-0.1, -0.05) is 18.9 Å². The molecular formula is C20H33N3. The van der Waals surface area contributed by atoms with E-state index >= 15 is 0 Å². The van der Waals surface area contributed by atoms with Crippen LogP contribution < -0.4 is 10.6 Å². The van der Waals surface area contributed by atoms with Crippen LogP contribution in [0.3, 0.4) is 0 Å². The quantitative estimate of drug-likeness (QED) is 0.827. The van der Waals surface area contributed by atoms with E-state index in [0.29, 0.717) is 0 Å². The lowest BCUT2D eigenvalue weighted by Crippen LogP contribution is -2.37. The first kappa shape index (κ1) is 17.8. The van der Waals surface area contributed by atoms with Gasteiger partial charge in [0.05, 0.1) is 5.35 Å². The van der Waals surface area contributed by atoms with Gasteiger partial charge in [0, 0.05) is 29.7 Å². The van der Waals surface area contributed by atoms with Crippen LogP contribution in [0.25, 0.3) is 11.4 Å². The van der Waals surface area contributed by atoms with Crippen LogP contribution in [-0.2, 0) is 6.42 Å². The molecule has 0 aliphatic carbocycles. The summed E-state index contributed by atoms with van der Waals surface area (Å²) in [6.07, 6.45) is 7.48. The van der Waals surface area contributed by atoms with Gasteiger partial charge in [0.2, 0.25) is 0 Å². The van der Waals surface area contributed by atoms with Gasteiger partial charge in [0.25, 0.3) is 0 Å². The van der Waals surface area contributed by atoms with E-state index in [0.717, 1.165) is 31.0 Å². The maximum absolute atomic E-state index is 4.92. The van der Waals surface area contributed by atoms with Crippen molar-refractivity contribution in [2.24, 2.45) is 4.99 Å². The standard InChI is InChI=1S/C20H33N3/c1-6-7-11-17-14-18(15(2)3)19(22-17)20(21-16(4)5)23-12-9-8-10-13-23/h14,22H,6-13H2,1-5H3/b20-19-. The first-order valence-electron chi connectivity index (χ1n) is 9.19. The highest BCUT2D eigenvalue weighted by Crippen LogP contribution is 2.15. The minimum Gasteiger partial charge on any atom is -0.355 e. The predicted molar refractivity (Wildman–Crippen MR) is 101 cm³/mol. The average molecular weight is 316 g/mol. The van der Waals surface area contributed by atoms with Gasteiger partial charge in [-0.15, -0.1) is 0 Å². The smallest absolute Gasteiger partial charge is 0.152 e. The third-order valence-electron chi connectivity index (χ3n) is 4.42. The van der Waals surface area contributed by atoms with Crippen molar-refractivity contribution in [2.45, 2.75) is 73.1 Å². The Bertz CT molecular complexity index is 650. The van der Waals surface area contributed by atoms with Crippen LogP contribution >= 0.6 is 0 Å². The number of H-pyrrole nitrogens is 1. The van der Waals surface area contributed by atoms with Crippen molar-refractivity contribution in [3.8, 4) is 0 Å². The Hall–Kier alpha value is -1.51. The monoisotopic (exact) mass is 315 g/mol. The Morgan fingerprint density at radius 1 is 1.13 bits per heavy atom. The molecule has 0 spiro atoms. The minimum atomic E-state index is 1.12. The molecule has 0 atom stereocenters. The van der Waals surface area contributed by atoms with E-state index in [4.69, 9.17) is 4.99 Å². The molecular weight excluding hydrogens is 282 g/mol. The van der Waals surface area contributed by atoms with E-state index in [1.807, 2.05) is 0 Å². The number of nitrogens with one attached hydrogen (secondary N) is 1.